The van der Waals surface area contributed by atoms with E-state index in [1.807, 2.05) is 13.0 Å². The summed E-state index contributed by atoms with van der Waals surface area (Å²) in [6.07, 6.45) is 0. The van der Waals surface area contributed by atoms with E-state index in [1.54, 1.807) is 29.6 Å². The Morgan fingerprint density at radius 2 is 1.97 bits per heavy atom. The number of benzene rings is 2. The molecular formula is C20H16FN3O4S2. The molecule has 0 saturated carbocycles. The van der Waals surface area contributed by atoms with Gasteiger partial charge in [-0.1, -0.05) is 23.4 Å². The fourth-order valence-electron chi connectivity index (χ4n) is 2.75. The Bertz CT molecular complexity index is 1320. The highest BCUT2D eigenvalue weighted by molar-refractivity contribution is 7.94. The second-order valence-corrected chi connectivity index (χ2v) is 9.22. The number of rotatable bonds is 6. The van der Waals surface area contributed by atoms with Crippen molar-refractivity contribution < 1.29 is 22.1 Å². The second kappa shape index (κ2) is 7.88. The monoisotopic (exact) mass is 445 g/mol. The number of anilines is 1. The highest BCUT2D eigenvalue weighted by Gasteiger charge is 2.21. The minimum Gasteiger partial charge on any atom is -0.495 e. The van der Waals surface area contributed by atoms with E-state index in [0.717, 1.165) is 16.9 Å². The number of hydrogen-bond acceptors (Lipinski definition) is 7. The van der Waals surface area contributed by atoms with Crippen LogP contribution < -0.4 is 9.46 Å². The van der Waals surface area contributed by atoms with E-state index in [0.29, 0.717) is 22.6 Å². The maximum atomic E-state index is 13.4. The smallest absolute Gasteiger partial charge is 0.271 e. The highest BCUT2D eigenvalue weighted by Crippen LogP contribution is 2.32. The van der Waals surface area contributed by atoms with Crippen LogP contribution in [0.3, 0.4) is 0 Å². The normalized spacial score (nSPS) is 11.4. The predicted octanol–water partition coefficient (Wildman–Crippen LogP) is 4.72. The number of methoxy groups -OCH3 is 1. The number of aromatic nitrogens is 2. The largest absolute Gasteiger partial charge is 0.495 e. The summed E-state index contributed by atoms with van der Waals surface area (Å²) in [7, 11) is -2.38. The van der Waals surface area contributed by atoms with Crippen molar-refractivity contribution in [1.29, 1.82) is 0 Å². The molecule has 7 nitrogen and oxygen atoms in total. The van der Waals surface area contributed by atoms with Gasteiger partial charge in [0.25, 0.3) is 15.9 Å². The van der Waals surface area contributed by atoms with Crippen LogP contribution in [0, 0.1) is 12.7 Å². The molecule has 0 aliphatic rings. The molecule has 4 aromatic rings. The molecule has 0 saturated heterocycles. The Hall–Kier alpha value is -3.24. The van der Waals surface area contributed by atoms with Gasteiger partial charge in [0.15, 0.2) is 0 Å². The highest BCUT2D eigenvalue weighted by atomic mass is 32.2. The van der Waals surface area contributed by atoms with Crippen molar-refractivity contribution >= 4 is 27.0 Å². The van der Waals surface area contributed by atoms with Gasteiger partial charge in [-0.15, -0.1) is 11.3 Å². The maximum Gasteiger partial charge on any atom is 0.271 e. The van der Waals surface area contributed by atoms with Gasteiger partial charge in [0.2, 0.25) is 5.82 Å². The van der Waals surface area contributed by atoms with Crippen LogP contribution in [-0.4, -0.2) is 25.7 Å². The first-order valence-corrected chi connectivity index (χ1v) is 11.1. The number of halogens is 1. The first kappa shape index (κ1) is 20.0. The molecule has 0 spiro atoms. The Morgan fingerprint density at radius 1 is 1.13 bits per heavy atom. The zero-order valence-corrected chi connectivity index (χ0v) is 17.6. The van der Waals surface area contributed by atoms with Crippen LogP contribution in [0.2, 0.25) is 0 Å². The van der Waals surface area contributed by atoms with Crippen molar-refractivity contribution in [2.75, 3.05) is 11.8 Å². The topological polar surface area (TPSA) is 94.3 Å². The van der Waals surface area contributed by atoms with Gasteiger partial charge in [0.05, 0.1) is 18.4 Å². The van der Waals surface area contributed by atoms with Gasteiger partial charge < -0.3 is 9.26 Å². The molecule has 30 heavy (non-hydrogen) atoms. The van der Waals surface area contributed by atoms with E-state index >= 15 is 0 Å². The summed E-state index contributed by atoms with van der Waals surface area (Å²) in [4.78, 5) is 4.24. The van der Waals surface area contributed by atoms with E-state index in [4.69, 9.17) is 9.26 Å². The summed E-state index contributed by atoms with van der Waals surface area (Å²) in [6, 6.07) is 12.5. The summed E-state index contributed by atoms with van der Waals surface area (Å²) in [5.74, 6) is 0.348. The second-order valence-electron chi connectivity index (χ2n) is 6.40. The quantitative estimate of drug-likeness (QED) is 0.461. The lowest BCUT2D eigenvalue weighted by molar-refractivity contribution is 0.417. The number of ether oxygens (including phenoxy) is 1. The van der Waals surface area contributed by atoms with Crippen molar-refractivity contribution in [3.63, 3.8) is 0 Å². The van der Waals surface area contributed by atoms with Crippen LogP contribution in [-0.2, 0) is 10.0 Å². The molecule has 0 bridgehead atoms. The van der Waals surface area contributed by atoms with Gasteiger partial charge in [-0.3, -0.25) is 4.72 Å². The van der Waals surface area contributed by atoms with Crippen molar-refractivity contribution in [3.8, 4) is 28.6 Å². The predicted molar refractivity (Wildman–Crippen MR) is 112 cm³/mol. The molecule has 4 rings (SSSR count). The molecule has 0 fully saturated rings. The maximum absolute atomic E-state index is 13.4. The summed E-state index contributed by atoms with van der Waals surface area (Å²) < 4.78 is 52.1. The van der Waals surface area contributed by atoms with Crippen LogP contribution in [0.1, 0.15) is 5.56 Å². The fraction of sp³-hybridized carbons (Fsp3) is 0.100. The molecule has 0 atom stereocenters. The van der Waals surface area contributed by atoms with Crippen molar-refractivity contribution in [1.82, 2.24) is 10.1 Å². The van der Waals surface area contributed by atoms with Gasteiger partial charge in [0.1, 0.15) is 15.8 Å². The van der Waals surface area contributed by atoms with Crippen molar-refractivity contribution in [3.05, 3.63) is 65.3 Å². The molecule has 0 radical (unpaired) electrons. The van der Waals surface area contributed by atoms with Gasteiger partial charge in [0, 0.05) is 10.9 Å². The van der Waals surface area contributed by atoms with E-state index < -0.39 is 15.8 Å². The van der Waals surface area contributed by atoms with E-state index in [9.17, 15) is 12.8 Å². The number of thiophene rings is 1. The Kier molecular flexibility index (Phi) is 5.27. The molecular weight excluding hydrogens is 429 g/mol. The molecule has 0 unspecified atom stereocenters. The number of hydrogen-bond donors (Lipinski definition) is 1. The van der Waals surface area contributed by atoms with Crippen molar-refractivity contribution in [2.45, 2.75) is 11.1 Å². The number of sulfonamides is 1. The third-order valence-electron chi connectivity index (χ3n) is 4.20. The third kappa shape index (κ3) is 4.05. The van der Waals surface area contributed by atoms with E-state index in [1.165, 1.54) is 25.3 Å². The van der Waals surface area contributed by atoms with E-state index in [-0.39, 0.29) is 15.9 Å². The summed E-state index contributed by atoms with van der Waals surface area (Å²) in [5.41, 5.74) is 2.14. The third-order valence-corrected chi connectivity index (χ3v) is 7.00. The Labute approximate surface area is 176 Å². The minimum atomic E-state index is -3.85. The lowest BCUT2D eigenvalue weighted by Gasteiger charge is -2.11. The zero-order valence-electron chi connectivity index (χ0n) is 15.9. The van der Waals surface area contributed by atoms with Crippen LogP contribution in [0.5, 0.6) is 5.75 Å². The number of nitrogens with zero attached hydrogens (tertiary/aromatic N) is 2. The Balaban J connectivity index is 1.61. The lowest BCUT2D eigenvalue weighted by atomic mass is 10.2. The van der Waals surface area contributed by atoms with Gasteiger partial charge >= 0.3 is 0 Å². The molecule has 0 aliphatic carbocycles. The first-order valence-electron chi connectivity index (χ1n) is 8.72. The fourth-order valence-corrected chi connectivity index (χ4v) is 4.97. The van der Waals surface area contributed by atoms with Gasteiger partial charge in [-0.05, 0) is 42.8 Å². The molecule has 0 aliphatic heterocycles. The van der Waals surface area contributed by atoms with Crippen LogP contribution in [0.15, 0.2) is 62.6 Å². The van der Waals surface area contributed by atoms with Crippen LogP contribution in [0.25, 0.3) is 22.8 Å². The standard InChI is InChI=1S/C20H16FN3O4S2/c1-12-6-7-17(27-2)16(8-12)24-30(25,26)18-10-14(11-29-18)20-22-19(23-28-20)13-4-3-5-15(21)9-13/h3-11,24H,1-2H3. The molecule has 10 heteroatoms. The zero-order chi connectivity index (χ0) is 21.3. The number of nitrogens with one attached hydrogen (secondary N) is 1. The summed E-state index contributed by atoms with van der Waals surface area (Å²) in [6.45, 7) is 1.85. The minimum absolute atomic E-state index is 0.0755. The summed E-state index contributed by atoms with van der Waals surface area (Å²) >= 11 is 1.02. The molecule has 0 amide bonds. The molecule has 2 heterocycles. The average Bonchev–Trinajstić information content (AvgIpc) is 3.38. The Morgan fingerprint density at radius 3 is 2.73 bits per heavy atom. The van der Waals surface area contributed by atoms with Crippen LogP contribution >= 0.6 is 11.3 Å². The lowest BCUT2D eigenvalue weighted by Crippen LogP contribution is -2.12. The molecule has 2 aromatic heterocycles. The molecule has 1 N–H and O–H groups in total. The van der Waals surface area contributed by atoms with Crippen molar-refractivity contribution in [2.24, 2.45) is 0 Å². The average molecular weight is 445 g/mol. The summed E-state index contributed by atoms with van der Waals surface area (Å²) in [5, 5.41) is 5.45. The van der Waals surface area contributed by atoms with Crippen LogP contribution in [0.4, 0.5) is 10.1 Å². The van der Waals surface area contributed by atoms with Gasteiger partial charge in [-0.25, -0.2) is 12.8 Å². The number of aryl methyl sites for hydroxylation is 1. The van der Waals surface area contributed by atoms with E-state index in [2.05, 4.69) is 14.9 Å². The molecule has 154 valence electrons. The molecule has 2 aromatic carbocycles. The SMILES string of the molecule is COc1ccc(C)cc1NS(=O)(=O)c1cc(-c2nc(-c3cccc(F)c3)no2)cs1. The first-order chi connectivity index (χ1) is 14.4. The van der Waals surface area contributed by atoms with Gasteiger partial charge in [-0.2, -0.15) is 4.98 Å².